The first-order valence-corrected chi connectivity index (χ1v) is 7.19. The number of hydrogen-bond donors (Lipinski definition) is 2. The summed E-state index contributed by atoms with van der Waals surface area (Å²) in [6.45, 7) is 0. The molecule has 2 aliphatic carbocycles. The Balaban J connectivity index is 2.04. The zero-order valence-electron chi connectivity index (χ0n) is 10.9. The van der Waals surface area contributed by atoms with Crippen LogP contribution >= 0.6 is 0 Å². The first-order chi connectivity index (χ1) is 8.64. The zero-order chi connectivity index (χ0) is 13.0. The summed E-state index contributed by atoms with van der Waals surface area (Å²) in [5, 5.41) is 12.4. The van der Waals surface area contributed by atoms with Crippen molar-refractivity contribution in [2.45, 2.75) is 69.7 Å². The van der Waals surface area contributed by atoms with Gasteiger partial charge >= 0.3 is 5.97 Å². The Morgan fingerprint density at radius 3 is 2.00 bits per heavy atom. The molecule has 0 aliphatic heterocycles. The fourth-order valence-corrected chi connectivity index (χ4v) is 3.25. The van der Waals surface area contributed by atoms with Crippen LogP contribution in [0.25, 0.3) is 0 Å². The predicted octanol–water partition coefficient (Wildman–Crippen LogP) is 2.47. The summed E-state index contributed by atoms with van der Waals surface area (Å²) in [6, 6.07) is 0. The predicted molar refractivity (Wildman–Crippen MR) is 68.2 cm³/mol. The number of amides is 1. The van der Waals surface area contributed by atoms with Gasteiger partial charge in [0.15, 0.2) is 0 Å². The van der Waals surface area contributed by atoms with Crippen LogP contribution in [-0.2, 0) is 9.59 Å². The van der Waals surface area contributed by atoms with Crippen LogP contribution in [0.3, 0.4) is 0 Å². The van der Waals surface area contributed by atoms with Gasteiger partial charge in [-0.1, -0.05) is 38.5 Å². The maximum absolute atomic E-state index is 12.2. The van der Waals surface area contributed by atoms with Crippen LogP contribution in [0.15, 0.2) is 0 Å². The van der Waals surface area contributed by atoms with E-state index < -0.39 is 11.5 Å². The molecule has 1 amide bonds. The Morgan fingerprint density at radius 1 is 0.944 bits per heavy atom. The second-order valence-electron chi connectivity index (χ2n) is 5.77. The van der Waals surface area contributed by atoms with Crippen molar-refractivity contribution in [1.82, 2.24) is 5.32 Å². The highest BCUT2D eigenvalue weighted by Crippen LogP contribution is 2.30. The van der Waals surface area contributed by atoms with Crippen molar-refractivity contribution in [3.05, 3.63) is 0 Å². The van der Waals surface area contributed by atoms with Gasteiger partial charge < -0.3 is 10.4 Å². The van der Waals surface area contributed by atoms with Gasteiger partial charge in [0.05, 0.1) is 0 Å². The number of hydrogen-bond acceptors (Lipinski definition) is 2. The molecule has 4 nitrogen and oxygen atoms in total. The number of carbonyl (C=O) groups excluding carboxylic acids is 1. The van der Waals surface area contributed by atoms with E-state index in [1.54, 1.807) is 0 Å². The van der Waals surface area contributed by atoms with E-state index in [1.807, 2.05) is 0 Å². The molecule has 4 heteroatoms. The third-order valence-electron chi connectivity index (χ3n) is 4.45. The second-order valence-corrected chi connectivity index (χ2v) is 5.77. The van der Waals surface area contributed by atoms with Crippen LogP contribution in [0.5, 0.6) is 0 Å². The molecule has 2 saturated carbocycles. The first-order valence-electron chi connectivity index (χ1n) is 7.19. The monoisotopic (exact) mass is 253 g/mol. The molecular formula is C14H23NO3. The van der Waals surface area contributed by atoms with Gasteiger partial charge in [0.2, 0.25) is 5.91 Å². The molecule has 0 aromatic heterocycles. The standard InChI is InChI=1S/C14H23NO3/c16-12(11-7-3-4-8-11)15-14(13(17)18)9-5-1-2-6-10-14/h11H,1-10H2,(H,15,16)(H,17,18). The molecule has 0 atom stereocenters. The first kappa shape index (κ1) is 13.4. The molecule has 0 saturated heterocycles. The lowest BCUT2D eigenvalue weighted by Gasteiger charge is -2.30. The van der Waals surface area contributed by atoms with E-state index in [2.05, 4.69) is 5.32 Å². The SMILES string of the molecule is O=C(NC1(C(=O)O)CCCCCC1)C1CCCC1. The molecule has 0 bridgehead atoms. The fraction of sp³-hybridized carbons (Fsp3) is 0.857. The molecule has 102 valence electrons. The summed E-state index contributed by atoms with van der Waals surface area (Å²) in [4.78, 5) is 23.7. The Labute approximate surface area is 108 Å². The van der Waals surface area contributed by atoms with E-state index in [9.17, 15) is 14.7 Å². The quantitative estimate of drug-likeness (QED) is 0.759. The summed E-state index contributed by atoms with van der Waals surface area (Å²) < 4.78 is 0. The smallest absolute Gasteiger partial charge is 0.329 e. The van der Waals surface area contributed by atoms with E-state index in [1.165, 1.54) is 0 Å². The molecule has 2 N–H and O–H groups in total. The van der Waals surface area contributed by atoms with Gasteiger partial charge in [-0.05, 0) is 25.7 Å². The van der Waals surface area contributed by atoms with Gasteiger partial charge in [0.1, 0.15) is 5.54 Å². The van der Waals surface area contributed by atoms with Crippen LogP contribution in [0.4, 0.5) is 0 Å². The van der Waals surface area contributed by atoms with Gasteiger partial charge in [-0.3, -0.25) is 4.79 Å². The van der Waals surface area contributed by atoms with E-state index in [0.717, 1.165) is 51.4 Å². The molecule has 0 aromatic rings. The maximum atomic E-state index is 12.2. The average Bonchev–Trinajstić information content (AvgIpc) is 2.77. The lowest BCUT2D eigenvalue weighted by molar-refractivity contribution is -0.149. The maximum Gasteiger partial charge on any atom is 0.329 e. The Hall–Kier alpha value is -1.06. The Morgan fingerprint density at radius 2 is 1.50 bits per heavy atom. The summed E-state index contributed by atoms with van der Waals surface area (Å²) >= 11 is 0. The van der Waals surface area contributed by atoms with Crippen LogP contribution in [0.1, 0.15) is 64.2 Å². The third-order valence-corrected chi connectivity index (χ3v) is 4.45. The minimum atomic E-state index is -0.990. The molecule has 0 radical (unpaired) electrons. The van der Waals surface area contributed by atoms with Crippen LogP contribution in [0, 0.1) is 5.92 Å². The number of rotatable bonds is 3. The molecule has 18 heavy (non-hydrogen) atoms. The number of carboxylic acid groups (broad SMARTS) is 1. The van der Waals surface area contributed by atoms with Crippen molar-refractivity contribution in [1.29, 1.82) is 0 Å². The van der Waals surface area contributed by atoms with Gasteiger partial charge in [-0.2, -0.15) is 0 Å². The number of nitrogens with one attached hydrogen (secondary N) is 1. The lowest BCUT2D eigenvalue weighted by atomic mass is 9.89. The fourth-order valence-electron chi connectivity index (χ4n) is 3.25. The molecule has 0 spiro atoms. The van der Waals surface area contributed by atoms with E-state index in [-0.39, 0.29) is 11.8 Å². The Bertz CT molecular complexity index is 313. The largest absolute Gasteiger partial charge is 0.480 e. The van der Waals surface area contributed by atoms with Crippen molar-refractivity contribution < 1.29 is 14.7 Å². The summed E-state index contributed by atoms with van der Waals surface area (Å²) in [5.41, 5.74) is -0.990. The van der Waals surface area contributed by atoms with Crippen molar-refractivity contribution in [3.8, 4) is 0 Å². The van der Waals surface area contributed by atoms with E-state index in [4.69, 9.17) is 0 Å². The Kier molecular flexibility index (Phi) is 4.25. The van der Waals surface area contributed by atoms with E-state index in [0.29, 0.717) is 12.8 Å². The molecular weight excluding hydrogens is 230 g/mol. The molecule has 2 fully saturated rings. The molecule has 2 rings (SSSR count). The van der Waals surface area contributed by atoms with Gasteiger partial charge in [0.25, 0.3) is 0 Å². The lowest BCUT2D eigenvalue weighted by Crippen LogP contribution is -2.55. The second kappa shape index (κ2) is 5.72. The van der Waals surface area contributed by atoms with E-state index >= 15 is 0 Å². The highest BCUT2D eigenvalue weighted by atomic mass is 16.4. The number of carbonyl (C=O) groups is 2. The average molecular weight is 253 g/mol. The third kappa shape index (κ3) is 2.85. The topological polar surface area (TPSA) is 66.4 Å². The van der Waals surface area contributed by atoms with Crippen LogP contribution < -0.4 is 5.32 Å². The van der Waals surface area contributed by atoms with Crippen molar-refractivity contribution >= 4 is 11.9 Å². The number of carboxylic acids is 1. The minimum Gasteiger partial charge on any atom is -0.480 e. The van der Waals surface area contributed by atoms with Crippen molar-refractivity contribution in [2.24, 2.45) is 5.92 Å². The molecule has 0 aromatic carbocycles. The molecule has 0 heterocycles. The summed E-state index contributed by atoms with van der Waals surface area (Å²) in [6.07, 6.45) is 9.15. The summed E-state index contributed by atoms with van der Waals surface area (Å²) in [5.74, 6) is -0.836. The van der Waals surface area contributed by atoms with Crippen molar-refractivity contribution in [2.75, 3.05) is 0 Å². The minimum absolute atomic E-state index is 0.0307. The van der Waals surface area contributed by atoms with Gasteiger partial charge in [-0.15, -0.1) is 0 Å². The van der Waals surface area contributed by atoms with Gasteiger partial charge in [0, 0.05) is 5.92 Å². The normalized spacial score (nSPS) is 24.4. The van der Waals surface area contributed by atoms with Gasteiger partial charge in [-0.25, -0.2) is 4.79 Å². The molecule has 0 unspecified atom stereocenters. The zero-order valence-corrected chi connectivity index (χ0v) is 10.9. The number of aliphatic carboxylic acids is 1. The summed E-state index contributed by atoms with van der Waals surface area (Å²) in [7, 11) is 0. The van der Waals surface area contributed by atoms with Crippen molar-refractivity contribution in [3.63, 3.8) is 0 Å². The van der Waals surface area contributed by atoms with Crippen LogP contribution in [0.2, 0.25) is 0 Å². The highest BCUT2D eigenvalue weighted by Gasteiger charge is 2.41. The van der Waals surface area contributed by atoms with Crippen LogP contribution in [-0.4, -0.2) is 22.5 Å². The molecule has 2 aliphatic rings. The highest BCUT2D eigenvalue weighted by molar-refractivity contribution is 5.88.